The monoisotopic (exact) mass is 349 g/mol. The molecule has 0 fully saturated rings. The highest BCUT2D eigenvalue weighted by molar-refractivity contribution is 5.52. The van der Waals surface area contributed by atoms with E-state index < -0.39 is 0 Å². The molecule has 0 spiro atoms. The van der Waals surface area contributed by atoms with Crippen molar-refractivity contribution in [3.63, 3.8) is 0 Å². The van der Waals surface area contributed by atoms with Crippen molar-refractivity contribution in [2.24, 2.45) is 0 Å². The quantitative estimate of drug-likeness (QED) is 0.630. The molecule has 0 amide bonds. The lowest BCUT2D eigenvalue weighted by Crippen LogP contribution is -2.08. The molecule has 3 aromatic rings. The lowest BCUT2D eigenvalue weighted by atomic mass is 10.2. The normalized spacial score (nSPS) is 12.0. The maximum Gasteiger partial charge on any atom is 0.231 e. The Morgan fingerprint density at radius 1 is 0.808 bits per heavy atom. The summed E-state index contributed by atoms with van der Waals surface area (Å²) in [4.78, 5) is 8.47. The number of nitrogens with one attached hydrogen (secondary N) is 2. The van der Waals surface area contributed by atoms with Gasteiger partial charge in [-0.15, -0.1) is 0 Å². The van der Waals surface area contributed by atoms with Crippen LogP contribution in [-0.4, -0.2) is 16.8 Å². The van der Waals surface area contributed by atoms with Crippen molar-refractivity contribution in [1.29, 1.82) is 0 Å². The lowest BCUT2D eigenvalue weighted by molar-refractivity contribution is 0.174. The first-order valence-corrected chi connectivity index (χ1v) is 8.31. The Bertz CT molecular complexity index is 902. The van der Waals surface area contributed by atoms with Crippen molar-refractivity contribution in [3.8, 4) is 11.5 Å². The van der Waals surface area contributed by atoms with Gasteiger partial charge in [-0.05, 0) is 23.3 Å². The third kappa shape index (κ3) is 3.77. The highest BCUT2D eigenvalue weighted by atomic mass is 16.7. The molecule has 1 aliphatic heterocycles. The molecule has 1 aromatic heterocycles. The van der Waals surface area contributed by atoms with E-state index in [9.17, 15) is 0 Å². The molecule has 132 valence electrons. The minimum absolute atomic E-state index is 0.219. The van der Waals surface area contributed by atoms with Crippen LogP contribution in [0.5, 0.6) is 11.5 Å². The average molecular weight is 349 g/mol. The van der Waals surface area contributed by atoms with Crippen molar-refractivity contribution >= 4 is 17.6 Å². The van der Waals surface area contributed by atoms with Gasteiger partial charge in [-0.1, -0.05) is 36.4 Å². The van der Waals surface area contributed by atoms with Crippen molar-refractivity contribution in [2.75, 3.05) is 23.2 Å². The zero-order chi connectivity index (χ0) is 17.8. The fourth-order valence-electron chi connectivity index (χ4n) is 2.68. The number of ether oxygens (including phenoxy) is 2. The molecule has 4 N–H and O–H groups in total. The van der Waals surface area contributed by atoms with Gasteiger partial charge in [0, 0.05) is 19.2 Å². The Morgan fingerprint density at radius 2 is 1.50 bits per heavy atom. The molecule has 1 aliphatic rings. The van der Waals surface area contributed by atoms with E-state index in [2.05, 4.69) is 32.7 Å². The molecule has 0 saturated heterocycles. The summed E-state index contributed by atoms with van der Waals surface area (Å²) in [5, 5.41) is 6.53. The second kappa shape index (κ2) is 7.18. The van der Waals surface area contributed by atoms with E-state index >= 15 is 0 Å². The molecule has 0 saturated carbocycles. The molecular formula is C19H19N5O2. The van der Waals surface area contributed by atoms with Crippen molar-refractivity contribution in [2.45, 2.75) is 13.1 Å². The number of fused-ring (bicyclic) bond motifs is 1. The van der Waals surface area contributed by atoms with Gasteiger partial charge in [0.1, 0.15) is 11.6 Å². The van der Waals surface area contributed by atoms with E-state index in [0.29, 0.717) is 24.7 Å². The molecule has 0 bridgehead atoms. The highest BCUT2D eigenvalue weighted by Gasteiger charge is 2.13. The fourth-order valence-corrected chi connectivity index (χ4v) is 2.68. The second-order valence-electron chi connectivity index (χ2n) is 5.88. The lowest BCUT2D eigenvalue weighted by Gasteiger charge is -2.10. The molecule has 0 atom stereocenters. The van der Waals surface area contributed by atoms with E-state index in [1.165, 1.54) is 5.56 Å². The number of nitrogens with two attached hydrogens (primary N) is 1. The topological polar surface area (TPSA) is 94.3 Å². The van der Waals surface area contributed by atoms with E-state index in [1.807, 2.05) is 42.5 Å². The van der Waals surface area contributed by atoms with Crippen LogP contribution in [0.15, 0.2) is 54.6 Å². The first kappa shape index (κ1) is 16.0. The summed E-state index contributed by atoms with van der Waals surface area (Å²) < 4.78 is 10.7. The molecule has 0 aliphatic carbocycles. The van der Waals surface area contributed by atoms with Gasteiger partial charge in [0.25, 0.3) is 0 Å². The molecule has 7 heteroatoms. The van der Waals surface area contributed by atoms with Gasteiger partial charge in [0.2, 0.25) is 12.7 Å². The maximum absolute atomic E-state index is 5.83. The zero-order valence-electron chi connectivity index (χ0n) is 14.1. The van der Waals surface area contributed by atoms with Crippen LogP contribution in [0.2, 0.25) is 0 Å². The van der Waals surface area contributed by atoms with Gasteiger partial charge in [-0.25, -0.2) is 0 Å². The third-order valence-corrected chi connectivity index (χ3v) is 3.97. The summed E-state index contributed by atoms with van der Waals surface area (Å²) in [6.45, 7) is 1.52. The van der Waals surface area contributed by atoms with E-state index in [4.69, 9.17) is 15.2 Å². The number of rotatable bonds is 6. The Kier molecular flexibility index (Phi) is 4.42. The first-order valence-electron chi connectivity index (χ1n) is 8.31. The van der Waals surface area contributed by atoms with Gasteiger partial charge in [0.15, 0.2) is 11.5 Å². The van der Waals surface area contributed by atoms with Crippen LogP contribution < -0.4 is 25.8 Å². The van der Waals surface area contributed by atoms with Crippen molar-refractivity contribution in [3.05, 3.63) is 65.7 Å². The summed E-state index contributed by atoms with van der Waals surface area (Å²) in [6.07, 6.45) is 0. The summed E-state index contributed by atoms with van der Waals surface area (Å²) >= 11 is 0. The van der Waals surface area contributed by atoms with Crippen molar-refractivity contribution in [1.82, 2.24) is 9.97 Å². The third-order valence-electron chi connectivity index (χ3n) is 3.97. The summed E-state index contributed by atoms with van der Waals surface area (Å²) in [6, 6.07) is 17.8. The van der Waals surface area contributed by atoms with Gasteiger partial charge in [-0.3, -0.25) is 0 Å². The molecule has 2 aromatic carbocycles. The number of aromatic nitrogens is 2. The number of benzene rings is 2. The molecule has 7 nitrogen and oxygen atoms in total. The number of hydrogen-bond donors (Lipinski definition) is 3. The minimum atomic E-state index is 0.219. The molecular weight excluding hydrogens is 330 g/mol. The molecule has 4 rings (SSSR count). The average Bonchev–Trinajstić information content (AvgIpc) is 3.13. The largest absolute Gasteiger partial charge is 0.454 e. The maximum atomic E-state index is 5.83. The fraction of sp³-hybridized carbons (Fsp3) is 0.158. The first-order chi connectivity index (χ1) is 12.8. The standard InChI is InChI=1S/C19H19N5O2/c20-19-23-17(21-10-13-4-2-1-3-5-13)9-18(24-19)22-11-14-6-7-15-16(8-14)26-12-25-15/h1-9H,10-12H2,(H4,20,21,22,23,24). The highest BCUT2D eigenvalue weighted by Crippen LogP contribution is 2.32. The van der Waals surface area contributed by atoms with Crippen LogP contribution in [-0.2, 0) is 13.1 Å². The summed E-state index contributed by atoms with van der Waals surface area (Å²) in [7, 11) is 0. The second-order valence-corrected chi connectivity index (χ2v) is 5.88. The van der Waals surface area contributed by atoms with E-state index in [1.54, 1.807) is 0 Å². The number of nitrogen functional groups attached to an aromatic ring is 1. The predicted octanol–water partition coefficient (Wildman–Crippen LogP) is 3.01. The minimum Gasteiger partial charge on any atom is -0.454 e. The van der Waals surface area contributed by atoms with Crippen molar-refractivity contribution < 1.29 is 9.47 Å². The van der Waals surface area contributed by atoms with Gasteiger partial charge in [0.05, 0.1) is 0 Å². The smallest absolute Gasteiger partial charge is 0.231 e. The Labute approximate surface area is 151 Å². The Balaban J connectivity index is 1.41. The van der Waals surface area contributed by atoms with Crippen LogP contribution in [0.1, 0.15) is 11.1 Å². The van der Waals surface area contributed by atoms with Crippen LogP contribution in [0.4, 0.5) is 17.6 Å². The molecule has 0 unspecified atom stereocenters. The predicted molar refractivity (Wildman–Crippen MR) is 100 cm³/mol. The van der Waals surface area contributed by atoms with Gasteiger partial charge in [-0.2, -0.15) is 9.97 Å². The molecule has 2 heterocycles. The van der Waals surface area contributed by atoms with Crippen LogP contribution in [0.3, 0.4) is 0 Å². The van der Waals surface area contributed by atoms with Crippen LogP contribution >= 0.6 is 0 Å². The number of hydrogen-bond acceptors (Lipinski definition) is 7. The van der Waals surface area contributed by atoms with Crippen LogP contribution in [0.25, 0.3) is 0 Å². The Morgan fingerprint density at radius 3 is 2.27 bits per heavy atom. The molecule has 26 heavy (non-hydrogen) atoms. The summed E-state index contributed by atoms with van der Waals surface area (Å²) in [5.74, 6) is 3.08. The molecule has 0 radical (unpaired) electrons. The number of anilines is 3. The number of nitrogens with zero attached hydrogens (tertiary/aromatic N) is 2. The van der Waals surface area contributed by atoms with Gasteiger partial charge < -0.3 is 25.8 Å². The van der Waals surface area contributed by atoms with E-state index in [0.717, 1.165) is 17.1 Å². The van der Waals surface area contributed by atoms with Gasteiger partial charge >= 0.3 is 0 Å². The van der Waals surface area contributed by atoms with E-state index in [-0.39, 0.29) is 12.7 Å². The zero-order valence-corrected chi connectivity index (χ0v) is 14.1. The Hall–Kier alpha value is -3.48. The SMILES string of the molecule is Nc1nc(NCc2ccccc2)cc(NCc2ccc3c(c2)OCO3)n1. The van der Waals surface area contributed by atoms with Crippen LogP contribution in [0, 0.1) is 0 Å². The summed E-state index contributed by atoms with van der Waals surface area (Å²) in [5.41, 5.74) is 8.06.